The minimum absolute atomic E-state index is 0.180. The average Bonchev–Trinajstić information content (AvgIpc) is 2.49. The van der Waals surface area contributed by atoms with Crippen LogP contribution in [0, 0.1) is 11.8 Å². The summed E-state index contributed by atoms with van der Waals surface area (Å²) in [6.45, 7) is 7.50. The van der Waals surface area contributed by atoms with Gasteiger partial charge in [-0.3, -0.25) is 0 Å². The lowest BCUT2D eigenvalue weighted by Gasteiger charge is -2.23. The van der Waals surface area contributed by atoms with Gasteiger partial charge in [0.1, 0.15) is 0 Å². The molecule has 0 saturated carbocycles. The van der Waals surface area contributed by atoms with Crippen molar-refractivity contribution >= 4 is 0 Å². The Balaban J connectivity index is 2.83. The number of aliphatic hydroxyl groups is 1. The van der Waals surface area contributed by atoms with Crippen LogP contribution >= 0.6 is 0 Å². The van der Waals surface area contributed by atoms with Gasteiger partial charge in [-0.05, 0) is 29.5 Å². The zero-order valence-electron chi connectivity index (χ0n) is 13.8. The second kappa shape index (κ2) is 8.90. The second-order valence-electron chi connectivity index (χ2n) is 5.65. The van der Waals surface area contributed by atoms with Crippen molar-refractivity contribution in [2.24, 2.45) is 11.8 Å². The average molecular weight is 296 g/mol. The fourth-order valence-corrected chi connectivity index (χ4v) is 2.04. The van der Waals surface area contributed by atoms with E-state index >= 15 is 0 Å². The topological polar surface area (TPSA) is 47.9 Å². The fraction of sp³-hybridized carbons (Fsp3) is 0.647. The number of aliphatic hydroxyl groups excluding tert-OH is 1. The molecule has 2 unspecified atom stereocenters. The molecule has 0 aliphatic heterocycles. The molecule has 1 aromatic rings. The first-order valence-electron chi connectivity index (χ1n) is 7.49. The predicted octanol–water partition coefficient (Wildman–Crippen LogP) is 3.44. The standard InChI is InChI=1S/C17H28O4/c1-12(2)13(3)17(18)14-7-8-15(20-5)16(11-14)21-10-6-9-19-4/h7-8,11-13,17-18H,6,9-10H2,1-5H3. The number of hydrogen-bond donors (Lipinski definition) is 1. The van der Waals surface area contributed by atoms with Crippen molar-refractivity contribution in [1.82, 2.24) is 0 Å². The van der Waals surface area contributed by atoms with Gasteiger partial charge >= 0.3 is 0 Å². The van der Waals surface area contributed by atoms with Crippen LogP contribution < -0.4 is 9.47 Å². The third-order valence-electron chi connectivity index (χ3n) is 3.83. The van der Waals surface area contributed by atoms with Gasteiger partial charge in [-0.25, -0.2) is 0 Å². The predicted molar refractivity (Wildman–Crippen MR) is 83.9 cm³/mol. The Kier molecular flexibility index (Phi) is 7.54. The van der Waals surface area contributed by atoms with Gasteiger partial charge in [0.05, 0.1) is 19.8 Å². The molecular formula is C17H28O4. The normalized spacial score (nSPS) is 14.0. The Bertz CT molecular complexity index is 417. The molecule has 0 radical (unpaired) electrons. The quantitative estimate of drug-likeness (QED) is 0.709. The number of methoxy groups -OCH3 is 2. The van der Waals surface area contributed by atoms with E-state index in [0.717, 1.165) is 12.0 Å². The molecule has 1 N–H and O–H groups in total. The lowest BCUT2D eigenvalue weighted by molar-refractivity contribution is 0.0916. The Hall–Kier alpha value is -1.26. The van der Waals surface area contributed by atoms with Gasteiger partial charge < -0.3 is 19.3 Å². The van der Waals surface area contributed by atoms with Crippen molar-refractivity contribution in [2.75, 3.05) is 27.4 Å². The Morgan fingerprint density at radius 2 is 1.76 bits per heavy atom. The molecule has 0 aliphatic rings. The number of benzene rings is 1. The van der Waals surface area contributed by atoms with Gasteiger partial charge in [0, 0.05) is 20.1 Å². The van der Waals surface area contributed by atoms with Crippen LogP contribution in [0.4, 0.5) is 0 Å². The van der Waals surface area contributed by atoms with Crippen molar-refractivity contribution in [3.8, 4) is 11.5 Å². The highest BCUT2D eigenvalue weighted by Gasteiger charge is 2.20. The molecular weight excluding hydrogens is 268 g/mol. The summed E-state index contributed by atoms with van der Waals surface area (Å²) in [7, 11) is 3.29. The maximum absolute atomic E-state index is 10.4. The summed E-state index contributed by atoms with van der Waals surface area (Å²) in [5, 5.41) is 10.4. The largest absolute Gasteiger partial charge is 0.493 e. The third kappa shape index (κ3) is 5.21. The molecule has 21 heavy (non-hydrogen) atoms. The lowest BCUT2D eigenvalue weighted by atomic mass is 9.88. The van der Waals surface area contributed by atoms with E-state index in [9.17, 15) is 5.11 Å². The highest BCUT2D eigenvalue weighted by molar-refractivity contribution is 5.43. The minimum atomic E-state index is -0.503. The highest BCUT2D eigenvalue weighted by Crippen LogP contribution is 2.34. The first-order valence-corrected chi connectivity index (χ1v) is 7.49. The summed E-state index contributed by atoms with van der Waals surface area (Å²) >= 11 is 0. The summed E-state index contributed by atoms with van der Waals surface area (Å²) in [6.07, 6.45) is 0.312. The van der Waals surface area contributed by atoms with Crippen LogP contribution in [-0.2, 0) is 4.74 Å². The first kappa shape index (κ1) is 17.8. The van der Waals surface area contributed by atoms with E-state index < -0.39 is 6.10 Å². The molecule has 0 aromatic heterocycles. The molecule has 4 nitrogen and oxygen atoms in total. The molecule has 2 atom stereocenters. The van der Waals surface area contributed by atoms with E-state index in [1.807, 2.05) is 18.2 Å². The van der Waals surface area contributed by atoms with Gasteiger partial charge in [-0.2, -0.15) is 0 Å². The molecule has 0 aliphatic carbocycles. The Morgan fingerprint density at radius 3 is 2.33 bits per heavy atom. The summed E-state index contributed by atoms with van der Waals surface area (Å²) < 4.78 is 16.1. The van der Waals surface area contributed by atoms with Gasteiger partial charge in [0.15, 0.2) is 11.5 Å². The number of rotatable bonds is 9. The third-order valence-corrected chi connectivity index (χ3v) is 3.83. The molecule has 0 amide bonds. The van der Waals surface area contributed by atoms with Crippen molar-refractivity contribution in [2.45, 2.75) is 33.3 Å². The van der Waals surface area contributed by atoms with E-state index in [4.69, 9.17) is 14.2 Å². The van der Waals surface area contributed by atoms with E-state index in [-0.39, 0.29) is 5.92 Å². The molecule has 0 fully saturated rings. The zero-order valence-corrected chi connectivity index (χ0v) is 13.8. The summed E-state index contributed by atoms with van der Waals surface area (Å²) in [5.41, 5.74) is 0.860. The second-order valence-corrected chi connectivity index (χ2v) is 5.65. The van der Waals surface area contributed by atoms with Crippen LogP contribution in [0.1, 0.15) is 38.9 Å². The van der Waals surface area contributed by atoms with Crippen molar-refractivity contribution in [3.63, 3.8) is 0 Å². The fourth-order valence-electron chi connectivity index (χ4n) is 2.04. The minimum Gasteiger partial charge on any atom is -0.493 e. The molecule has 0 heterocycles. The number of hydrogen-bond acceptors (Lipinski definition) is 4. The van der Waals surface area contributed by atoms with E-state index in [1.54, 1.807) is 14.2 Å². The van der Waals surface area contributed by atoms with Crippen LogP contribution in [-0.4, -0.2) is 32.5 Å². The van der Waals surface area contributed by atoms with Gasteiger partial charge in [0.25, 0.3) is 0 Å². The molecule has 1 aromatic carbocycles. The lowest BCUT2D eigenvalue weighted by Crippen LogP contribution is -2.15. The van der Waals surface area contributed by atoms with Crippen molar-refractivity contribution in [3.05, 3.63) is 23.8 Å². The summed E-state index contributed by atoms with van der Waals surface area (Å²) in [5.74, 6) is 1.94. The maximum Gasteiger partial charge on any atom is 0.161 e. The molecule has 1 rings (SSSR count). The van der Waals surface area contributed by atoms with Gasteiger partial charge in [-0.15, -0.1) is 0 Å². The molecule has 120 valence electrons. The first-order chi connectivity index (χ1) is 10.0. The van der Waals surface area contributed by atoms with E-state index in [0.29, 0.717) is 30.6 Å². The van der Waals surface area contributed by atoms with Crippen molar-refractivity contribution in [1.29, 1.82) is 0 Å². The van der Waals surface area contributed by atoms with E-state index in [2.05, 4.69) is 20.8 Å². The molecule has 4 heteroatoms. The van der Waals surface area contributed by atoms with Crippen LogP contribution in [0.5, 0.6) is 11.5 Å². The SMILES string of the molecule is COCCCOc1cc(C(O)C(C)C(C)C)ccc1OC. The molecule has 0 saturated heterocycles. The Labute approximate surface area is 128 Å². The van der Waals surface area contributed by atoms with Gasteiger partial charge in [-0.1, -0.05) is 26.8 Å². The zero-order chi connectivity index (χ0) is 15.8. The Morgan fingerprint density at radius 1 is 1.05 bits per heavy atom. The summed E-state index contributed by atoms with van der Waals surface area (Å²) in [6, 6.07) is 5.61. The van der Waals surface area contributed by atoms with Gasteiger partial charge in [0.2, 0.25) is 0 Å². The molecule has 0 bridgehead atoms. The van der Waals surface area contributed by atoms with Crippen LogP contribution in [0.2, 0.25) is 0 Å². The smallest absolute Gasteiger partial charge is 0.161 e. The number of ether oxygens (including phenoxy) is 3. The maximum atomic E-state index is 10.4. The van der Waals surface area contributed by atoms with Crippen LogP contribution in [0.25, 0.3) is 0 Å². The van der Waals surface area contributed by atoms with Crippen LogP contribution in [0.15, 0.2) is 18.2 Å². The highest BCUT2D eigenvalue weighted by atomic mass is 16.5. The van der Waals surface area contributed by atoms with Crippen LogP contribution in [0.3, 0.4) is 0 Å². The van der Waals surface area contributed by atoms with Crippen molar-refractivity contribution < 1.29 is 19.3 Å². The van der Waals surface area contributed by atoms with E-state index in [1.165, 1.54) is 0 Å². The monoisotopic (exact) mass is 296 g/mol. The summed E-state index contributed by atoms with van der Waals surface area (Å²) in [4.78, 5) is 0. The molecule has 0 spiro atoms.